The van der Waals surface area contributed by atoms with Gasteiger partial charge in [-0.25, -0.2) is 4.79 Å². The first-order valence-electron chi connectivity index (χ1n) is 9.34. The Bertz CT molecular complexity index is 1040. The van der Waals surface area contributed by atoms with E-state index >= 15 is 0 Å². The molecular weight excluding hydrogens is 364 g/mol. The number of likely N-dealkylation sites (tertiary alicyclic amines) is 1. The quantitative estimate of drug-likeness (QED) is 0.726. The zero-order valence-electron chi connectivity index (χ0n) is 15.6. The average molecular weight is 386 g/mol. The van der Waals surface area contributed by atoms with E-state index in [0.717, 1.165) is 24.0 Å². The molecule has 2 N–H and O–H groups in total. The maximum absolute atomic E-state index is 12.8. The molecule has 1 unspecified atom stereocenters. The van der Waals surface area contributed by atoms with Crippen LogP contribution in [0.5, 0.6) is 0 Å². The number of aliphatic carboxylic acids is 1. The Labute approximate surface area is 160 Å². The summed E-state index contributed by atoms with van der Waals surface area (Å²) >= 11 is 0. The molecule has 28 heavy (non-hydrogen) atoms. The van der Waals surface area contributed by atoms with Gasteiger partial charge < -0.3 is 5.11 Å². The van der Waals surface area contributed by atoms with Gasteiger partial charge in [-0.15, -0.1) is 0 Å². The number of carbonyl (C=O) groups is 3. The molecule has 3 heterocycles. The highest BCUT2D eigenvalue weighted by Gasteiger charge is 2.32. The molecule has 1 aromatic heterocycles. The summed E-state index contributed by atoms with van der Waals surface area (Å²) in [6.07, 6.45) is 1.37. The van der Waals surface area contributed by atoms with E-state index in [4.69, 9.17) is 5.11 Å². The van der Waals surface area contributed by atoms with E-state index in [1.54, 1.807) is 7.05 Å². The van der Waals surface area contributed by atoms with Gasteiger partial charge in [-0.05, 0) is 43.0 Å². The van der Waals surface area contributed by atoms with E-state index in [9.17, 15) is 19.2 Å². The van der Waals surface area contributed by atoms with Crippen LogP contribution in [-0.2, 0) is 21.4 Å². The first-order chi connectivity index (χ1) is 13.3. The Hall–Kier alpha value is -2.94. The maximum Gasteiger partial charge on any atom is 0.329 e. The van der Waals surface area contributed by atoms with Gasteiger partial charge in [0.1, 0.15) is 6.04 Å². The molecule has 2 atom stereocenters. The molecule has 9 nitrogen and oxygen atoms in total. The minimum Gasteiger partial charge on any atom is -0.480 e. The fourth-order valence-corrected chi connectivity index (χ4v) is 4.30. The second-order valence-corrected chi connectivity index (χ2v) is 7.54. The number of carboxylic acids is 1. The fraction of sp³-hybridized carbons (Fsp3) is 0.474. The number of hydrogen-bond acceptors (Lipinski definition) is 5. The van der Waals surface area contributed by atoms with E-state index in [-0.39, 0.29) is 30.5 Å². The lowest BCUT2D eigenvalue weighted by Gasteiger charge is -2.22. The molecule has 0 radical (unpaired) electrons. The van der Waals surface area contributed by atoms with Gasteiger partial charge in [-0.3, -0.25) is 33.7 Å². The number of imidazole rings is 1. The van der Waals surface area contributed by atoms with Gasteiger partial charge in [-0.1, -0.05) is 6.07 Å². The molecule has 2 fully saturated rings. The number of aromatic nitrogens is 2. The molecule has 0 saturated carbocycles. The van der Waals surface area contributed by atoms with E-state index in [0.29, 0.717) is 18.5 Å². The van der Waals surface area contributed by atoms with Crippen molar-refractivity contribution in [1.29, 1.82) is 0 Å². The van der Waals surface area contributed by atoms with Crippen LogP contribution < -0.4 is 11.0 Å². The number of piperidine rings is 1. The van der Waals surface area contributed by atoms with Crippen LogP contribution in [0.2, 0.25) is 0 Å². The largest absolute Gasteiger partial charge is 0.480 e. The fourth-order valence-electron chi connectivity index (χ4n) is 4.30. The van der Waals surface area contributed by atoms with Crippen LogP contribution in [0.4, 0.5) is 0 Å². The molecule has 0 spiro atoms. The van der Waals surface area contributed by atoms with Crippen molar-refractivity contribution in [1.82, 2.24) is 19.4 Å². The van der Waals surface area contributed by atoms with Gasteiger partial charge in [0.15, 0.2) is 0 Å². The van der Waals surface area contributed by atoms with Crippen LogP contribution in [0.25, 0.3) is 11.0 Å². The van der Waals surface area contributed by atoms with Crippen LogP contribution in [0.3, 0.4) is 0 Å². The Kier molecular flexibility index (Phi) is 4.54. The number of hydrogen-bond donors (Lipinski definition) is 2. The second-order valence-electron chi connectivity index (χ2n) is 7.54. The Balaban J connectivity index is 1.67. The van der Waals surface area contributed by atoms with Crippen molar-refractivity contribution in [2.75, 3.05) is 19.6 Å². The molecule has 148 valence electrons. The molecular formula is C19H22N4O5. The van der Waals surface area contributed by atoms with Gasteiger partial charge in [0.2, 0.25) is 11.8 Å². The number of carboxylic acid groups (broad SMARTS) is 1. The second kappa shape index (κ2) is 6.90. The third kappa shape index (κ3) is 3.11. The highest BCUT2D eigenvalue weighted by molar-refractivity contribution is 6.00. The van der Waals surface area contributed by atoms with Crippen LogP contribution >= 0.6 is 0 Å². The predicted octanol–water partition coefficient (Wildman–Crippen LogP) is 0.192. The SMILES string of the molecule is Cn1c(=O)n(C2CCC(=O)NC2=O)c2ccc([C@@H]3CCN(CC(=O)O)C3)cc21. The summed E-state index contributed by atoms with van der Waals surface area (Å²) in [4.78, 5) is 49.3. The summed E-state index contributed by atoms with van der Waals surface area (Å²) in [5, 5.41) is 11.3. The number of rotatable bonds is 4. The first-order valence-corrected chi connectivity index (χ1v) is 9.34. The number of carbonyl (C=O) groups excluding carboxylic acids is 2. The summed E-state index contributed by atoms with van der Waals surface area (Å²) < 4.78 is 2.98. The summed E-state index contributed by atoms with van der Waals surface area (Å²) in [6, 6.07) is 5.04. The van der Waals surface area contributed by atoms with Gasteiger partial charge >= 0.3 is 11.7 Å². The topological polar surface area (TPSA) is 114 Å². The summed E-state index contributed by atoms with van der Waals surface area (Å²) in [5.41, 5.74) is 2.15. The molecule has 2 amide bonds. The molecule has 2 aliphatic heterocycles. The number of nitrogens with zero attached hydrogens (tertiary/aromatic N) is 3. The van der Waals surface area contributed by atoms with E-state index in [1.807, 2.05) is 23.1 Å². The lowest BCUT2D eigenvalue weighted by atomic mass is 9.98. The van der Waals surface area contributed by atoms with Crippen LogP contribution in [0.15, 0.2) is 23.0 Å². The van der Waals surface area contributed by atoms with Gasteiger partial charge in [0.25, 0.3) is 0 Å². The normalized spacial score (nSPS) is 23.3. The van der Waals surface area contributed by atoms with Gasteiger partial charge in [0, 0.05) is 20.0 Å². The zero-order chi connectivity index (χ0) is 20.0. The number of aryl methyl sites for hydroxylation is 1. The van der Waals surface area contributed by atoms with Gasteiger partial charge in [0.05, 0.1) is 17.6 Å². The van der Waals surface area contributed by atoms with E-state index < -0.39 is 17.9 Å². The number of fused-ring (bicyclic) bond motifs is 1. The third-order valence-corrected chi connectivity index (χ3v) is 5.74. The van der Waals surface area contributed by atoms with Crippen molar-refractivity contribution < 1.29 is 19.5 Å². The lowest BCUT2D eigenvalue weighted by molar-refractivity contribution is -0.138. The maximum atomic E-state index is 12.8. The lowest BCUT2D eigenvalue weighted by Crippen LogP contribution is -2.44. The third-order valence-electron chi connectivity index (χ3n) is 5.74. The van der Waals surface area contributed by atoms with E-state index in [1.165, 1.54) is 9.13 Å². The van der Waals surface area contributed by atoms with Crippen LogP contribution in [0, 0.1) is 0 Å². The van der Waals surface area contributed by atoms with Crippen LogP contribution in [-0.4, -0.2) is 56.6 Å². The average Bonchev–Trinajstić information content (AvgIpc) is 3.19. The number of nitrogens with one attached hydrogen (secondary N) is 1. The first kappa shape index (κ1) is 18.4. The van der Waals surface area contributed by atoms with Crippen molar-refractivity contribution in [3.63, 3.8) is 0 Å². The summed E-state index contributed by atoms with van der Waals surface area (Å²) in [7, 11) is 1.67. The van der Waals surface area contributed by atoms with Crippen molar-refractivity contribution in [3.8, 4) is 0 Å². The van der Waals surface area contributed by atoms with Crippen molar-refractivity contribution in [2.24, 2.45) is 7.05 Å². The Morgan fingerprint density at radius 1 is 1.21 bits per heavy atom. The highest BCUT2D eigenvalue weighted by Crippen LogP contribution is 2.30. The minimum atomic E-state index is -0.834. The highest BCUT2D eigenvalue weighted by atomic mass is 16.4. The molecule has 4 rings (SSSR count). The van der Waals surface area contributed by atoms with Crippen molar-refractivity contribution in [3.05, 3.63) is 34.2 Å². The van der Waals surface area contributed by atoms with Crippen molar-refractivity contribution in [2.45, 2.75) is 31.2 Å². The molecule has 1 aromatic carbocycles. The van der Waals surface area contributed by atoms with Gasteiger partial charge in [-0.2, -0.15) is 0 Å². The van der Waals surface area contributed by atoms with E-state index in [2.05, 4.69) is 5.32 Å². The molecule has 0 aliphatic carbocycles. The van der Waals surface area contributed by atoms with Crippen molar-refractivity contribution >= 4 is 28.8 Å². The number of benzene rings is 1. The Morgan fingerprint density at radius 2 is 2.00 bits per heavy atom. The van der Waals surface area contributed by atoms with Crippen LogP contribution in [0.1, 0.15) is 36.8 Å². The standard InChI is InChI=1S/C19H22N4O5/c1-21-15-8-11(12-6-7-22(9-12)10-17(25)26)2-3-13(15)23(19(21)28)14-4-5-16(24)20-18(14)27/h2-3,8,12,14H,4-7,9-10H2,1H3,(H,25,26)(H,20,24,27)/t12-,14?/m1/s1. The number of amides is 2. The monoisotopic (exact) mass is 386 g/mol. The molecule has 2 aromatic rings. The smallest absolute Gasteiger partial charge is 0.329 e. The molecule has 2 aliphatic rings. The Morgan fingerprint density at radius 3 is 2.71 bits per heavy atom. The number of imide groups is 1. The molecule has 9 heteroatoms. The summed E-state index contributed by atoms with van der Waals surface area (Å²) in [5.74, 6) is -1.39. The minimum absolute atomic E-state index is 0.0309. The molecule has 2 saturated heterocycles. The zero-order valence-corrected chi connectivity index (χ0v) is 15.6. The predicted molar refractivity (Wildman–Crippen MR) is 100 cm³/mol. The molecule has 0 bridgehead atoms. The summed E-state index contributed by atoms with van der Waals surface area (Å²) in [6.45, 7) is 1.42.